The molecular weight excluding hydrogens is 176 g/mol. The van der Waals surface area contributed by atoms with Gasteiger partial charge in [-0.25, -0.2) is 0 Å². The molecule has 0 heterocycles. The quantitative estimate of drug-likeness (QED) is 0.440. The lowest BCUT2D eigenvalue weighted by atomic mass is 10.2. The van der Waals surface area contributed by atoms with Gasteiger partial charge in [0.15, 0.2) is 0 Å². The summed E-state index contributed by atoms with van der Waals surface area (Å²) in [7, 11) is 0. The minimum absolute atomic E-state index is 0.334. The number of aliphatic hydroxyl groups excluding tert-OH is 1. The zero-order valence-corrected chi connectivity index (χ0v) is 9.52. The Kier molecular flexibility index (Phi) is 12.8. The molecule has 0 aromatic rings. The molecule has 3 nitrogen and oxygen atoms in total. The van der Waals surface area contributed by atoms with Crippen molar-refractivity contribution in [1.29, 1.82) is 0 Å². The predicted octanol–water partition coefficient (Wildman–Crippen LogP) is 1.13. The molecule has 3 N–H and O–H groups in total. The molecule has 0 aliphatic carbocycles. The Morgan fingerprint density at radius 1 is 0.786 bits per heavy atom. The molecule has 0 aliphatic rings. The van der Waals surface area contributed by atoms with Crippen molar-refractivity contribution in [2.75, 3.05) is 32.8 Å². The standard InChI is InChI=1S/C11H26N2O/c1-2-7-12-9-6-10-13-8-4-3-5-11-14/h12-14H,2-11H2,1H3. The van der Waals surface area contributed by atoms with E-state index in [2.05, 4.69) is 17.6 Å². The van der Waals surface area contributed by atoms with Crippen LogP contribution in [0.1, 0.15) is 39.0 Å². The highest BCUT2D eigenvalue weighted by molar-refractivity contribution is 4.52. The molecule has 0 rings (SSSR count). The molecule has 0 saturated carbocycles. The average Bonchev–Trinajstić information content (AvgIpc) is 2.21. The first-order chi connectivity index (χ1) is 6.91. The van der Waals surface area contributed by atoms with Crippen LogP contribution in [0.3, 0.4) is 0 Å². The zero-order valence-electron chi connectivity index (χ0n) is 9.52. The number of rotatable bonds is 11. The number of unbranched alkanes of at least 4 members (excludes halogenated alkanes) is 2. The predicted molar refractivity (Wildman–Crippen MR) is 61.6 cm³/mol. The van der Waals surface area contributed by atoms with Crippen LogP contribution in [0.5, 0.6) is 0 Å². The minimum Gasteiger partial charge on any atom is -0.396 e. The van der Waals surface area contributed by atoms with Crippen molar-refractivity contribution >= 4 is 0 Å². The van der Waals surface area contributed by atoms with Crippen LogP contribution in [-0.2, 0) is 0 Å². The van der Waals surface area contributed by atoms with Crippen molar-refractivity contribution < 1.29 is 5.11 Å². The van der Waals surface area contributed by atoms with Gasteiger partial charge < -0.3 is 15.7 Å². The van der Waals surface area contributed by atoms with Crippen LogP contribution >= 0.6 is 0 Å². The first-order valence-corrected chi connectivity index (χ1v) is 5.94. The van der Waals surface area contributed by atoms with E-state index in [-0.39, 0.29) is 0 Å². The second-order valence-corrected chi connectivity index (χ2v) is 3.64. The molecule has 0 aliphatic heterocycles. The van der Waals surface area contributed by atoms with Crippen molar-refractivity contribution in [3.05, 3.63) is 0 Å². The third kappa shape index (κ3) is 11.9. The average molecular weight is 202 g/mol. The van der Waals surface area contributed by atoms with Gasteiger partial charge in [-0.15, -0.1) is 0 Å². The number of nitrogens with one attached hydrogen (secondary N) is 2. The van der Waals surface area contributed by atoms with Crippen LogP contribution in [0, 0.1) is 0 Å². The summed E-state index contributed by atoms with van der Waals surface area (Å²) in [6, 6.07) is 0. The highest BCUT2D eigenvalue weighted by Crippen LogP contribution is 1.91. The van der Waals surface area contributed by atoms with Crippen LogP contribution < -0.4 is 10.6 Å². The van der Waals surface area contributed by atoms with Crippen molar-refractivity contribution in [2.45, 2.75) is 39.0 Å². The Morgan fingerprint density at radius 3 is 2.07 bits per heavy atom. The Balaban J connectivity index is 2.78. The smallest absolute Gasteiger partial charge is 0.0431 e. The van der Waals surface area contributed by atoms with Crippen LogP contribution in [0.25, 0.3) is 0 Å². The van der Waals surface area contributed by atoms with Gasteiger partial charge in [0.25, 0.3) is 0 Å². The molecule has 0 bridgehead atoms. The number of hydrogen-bond donors (Lipinski definition) is 3. The van der Waals surface area contributed by atoms with E-state index in [1.165, 1.54) is 19.3 Å². The van der Waals surface area contributed by atoms with E-state index in [1.54, 1.807) is 0 Å². The normalized spacial score (nSPS) is 10.7. The molecule has 0 saturated heterocycles. The van der Waals surface area contributed by atoms with E-state index < -0.39 is 0 Å². The molecule has 14 heavy (non-hydrogen) atoms. The maximum Gasteiger partial charge on any atom is 0.0431 e. The molecule has 0 unspecified atom stereocenters. The molecule has 0 fully saturated rings. The zero-order chi connectivity index (χ0) is 10.5. The van der Waals surface area contributed by atoms with Gasteiger partial charge in [0.1, 0.15) is 0 Å². The number of aliphatic hydroxyl groups is 1. The highest BCUT2D eigenvalue weighted by Gasteiger charge is 1.89. The lowest BCUT2D eigenvalue weighted by Crippen LogP contribution is -2.23. The summed E-state index contributed by atoms with van der Waals surface area (Å²) in [5.74, 6) is 0. The summed E-state index contributed by atoms with van der Waals surface area (Å²) in [5.41, 5.74) is 0. The highest BCUT2D eigenvalue weighted by atomic mass is 16.2. The Hall–Kier alpha value is -0.120. The third-order valence-electron chi connectivity index (χ3n) is 2.15. The summed E-state index contributed by atoms with van der Waals surface area (Å²) >= 11 is 0. The first kappa shape index (κ1) is 13.9. The van der Waals surface area contributed by atoms with Crippen molar-refractivity contribution in [1.82, 2.24) is 10.6 Å². The maximum atomic E-state index is 8.56. The van der Waals surface area contributed by atoms with E-state index >= 15 is 0 Å². The van der Waals surface area contributed by atoms with Gasteiger partial charge in [-0.2, -0.15) is 0 Å². The monoisotopic (exact) mass is 202 g/mol. The number of hydrogen-bond acceptors (Lipinski definition) is 3. The van der Waals surface area contributed by atoms with E-state index in [4.69, 9.17) is 5.11 Å². The second-order valence-electron chi connectivity index (χ2n) is 3.64. The molecule has 0 aromatic carbocycles. The topological polar surface area (TPSA) is 44.3 Å². The molecule has 0 radical (unpaired) electrons. The summed E-state index contributed by atoms with van der Waals surface area (Å²) in [6.45, 7) is 6.98. The lowest BCUT2D eigenvalue weighted by molar-refractivity contribution is 0.283. The SMILES string of the molecule is CCCNCCCNCCCCCO. The summed E-state index contributed by atoms with van der Waals surface area (Å²) in [6.07, 6.45) is 5.69. The Labute approximate surface area is 88.3 Å². The van der Waals surface area contributed by atoms with Crippen LogP contribution in [0.4, 0.5) is 0 Å². The van der Waals surface area contributed by atoms with Crippen molar-refractivity contribution in [2.24, 2.45) is 0 Å². The fraction of sp³-hybridized carbons (Fsp3) is 1.00. The molecule has 0 amide bonds. The van der Waals surface area contributed by atoms with Gasteiger partial charge in [0.05, 0.1) is 0 Å². The fourth-order valence-electron chi connectivity index (χ4n) is 1.30. The second kappa shape index (κ2) is 12.9. The van der Waals surface area contributed by atoms with Crippen LogP contribution in [0.15, 0.2) is 0 Å². The van der Waals surface area contributed by atoms with E-state index in [0.29, 0.717) is 6.61 Å². The largest absolute Gasteiger partial charge is 0.396 e. The summed E-state index contributed by atoms with van der Waals surface area (Å²) in [4.78, 5) is 0. The molecule has 0 spiro atoms. The van der Waals surface area contributed by atoms with E-state index in [9.17, 15) is 0 Å². The van der Waals surface area contributed by atoms with E-state index in [0.717, 1.165) is 39.0 Å². The summed E-state index contributed by atoms with van der Waals surface area (Å²) < 4.78 is 0. The minimum atomic E-state index is 0.334. The van der Waals surface area contributed by atoms with Gasteiger partial charge >= 0.3 is 0 Å². The Morgan fingerprint density at radius 2 is 1.43 bits per heavy atom. The molecule has 3 heteroatoms. The summed E-state index contributed by atoms with van der Waals surface area (Å²) in [5, 5.41) is 15.3. The van der Waals surface area contributed by atoms with Crippen molar-refractivity contribution in [3.8, 4) is 0 Å². The first-order valence-electron chi connectivity index (χ1n) is 5.94. The maximum absolute atomic E-state index is 8.56. The van der Waals surface area contributed by atoms with Gasteiger partial charge in [-0.05, 0) is 58.3 Å². The molecule has 86 valence electrons. The van der Waals surface area contributed by atoms with Gasteiger partial charge in [-0.3, -0.25) is 0 Å². The fourth-order valence-corrected chi connectivity index (χ4v) is 1.30. The lowest BCUT2D eigenvalue weighted by Gasteiger charge is -2.05. The van der Waals surface area contributed by atoms with Crippen LogP contribution in [0.2, 0.25) is 0 Å². The Bertz CT molecular complexity index is 87.3. The van der Waals surface area contributed by atoms with Gasteiger partial charge in [0, 0.05) is 6.61 Å². The molecular formula is C11H26N2O. The van der Waals surface area contributed by atoms with Gasteiger partial charge in [-0.1, -0.05) is 6.92 Å². The molecule has 0 aromatic heterocycles. The van der Waals surface area contributed by atoms with E-state index in [1.807, 2.05) is 0 Å². The third-order valence-corrected chi connectivity index (χ3v) is 2.15. The van der Waals surface area contributed by atoms with Gasteiger partial charge in [0.2, 0.25) is 0 Å². The molecule has 0 atom stereocenters. The van der Waals surface area contributed by atoms with Crippen LogP contribution in [-0.4, -0.2) is 37.9 Å². The van der Waals surface area contributed by atoms with Crippen molar-refractivity contribution in [3.63, 3.8) is 0 Å².